The fourth-order valence-corrected chi connectivity index (χ4v) is 5.29. The molecule has 0 radical (unpaired) electrons. The number of thioether (sulfide) groups is 1. The van der Waals surface area contributed by atoms with Crippen molar-refractivity contribution in [2.75, 3.05) is 11.1 Å². The molecule has 3 aromatic heterocycles. The first-order valence-electron chi connectivity index (χ1n) is 8.20. The molecule has 3 heterocycles. The van der Waals surface area contributed by atoms with Crippen LogP contribution in [0.2, 0.25) is 0 Å². The summed E-state index contributed by atoms with van der Waals surface area (Å²) in [7, 11) is 0. The lowest BCUT2D eigenvalue weighted by Crippen LogP contribution is -2.15. The molecule has 9 heteroatoms. The molecule has 1 amide bonds. The minimum Gasteiger partial charge on any atom is -0.301 e. The number of amides is 1. The molecule has 6 nitrogen and oxygen atoms in total. The second-order valence-electron chi connectivity index (χ2n) is 6.16. The molecule has 0 fully saturated rings. The van der Waals surface area contributed by atoms with Gasteiger partial charge in [0.25, 0.3) is 5.56 Å². The zero-order valence-corrected chi connectivity index (χ0v) is 17.3. The fourth-order valence-electron chi connectivity index (χ4n) is 2.68. The number of carbonyl (C=O) groups excluding carboxylic acids is 1. The van der Waals surface area contributed by atoms with Crippen LogP contribution < -0.4 is 10.9 Å². The third-order valence-corrected chi connectivity index (χ3v) is 7.07. The second kappa shape index (κ2) is 7.06. The number of rotatable bonds is 4. The second-order valence-corrected chi connectivity index (χ2v) is 9.36. The third kappa shape index (κ3) is 3.62. The largest absolute Gasteiger partial charge is 0.301 e. The quantitative estimate of drug-likeness (QED) is 0.384. The van der Waals surface area contributed by atoms with Gasteiger partial charge in [0.1, 0.15) is 4.83 Å². The Hall–Kier alpha value is -2.23. The zero-order valence-electron chi connectivity index (χ0n) is 14.9. The molecular formula is C18H16N4O2S3. The summed E-state index contributed by atoms with van der Waals surface area (Å²) in [5.41, 5.74) is 2.81. The average molecular weight is 417 g/mol. The summed E-state index contributed by atoms with van der Waals surface area (Å²) >= 11 is 4.14. The number of H-pyrrole nitrogens is 1. The molecule has 138 valence electrons. The van der Waals surface area contributed by atoms with Gasteiger partial charge >= 0.3 is 0 Å². The molecule has 1 aromatic carbocycles. The maximum absolute atomic E-state index is 12.3. The summed E-state index contributed by atoms with van der Waals surface area (Å²) in [4.78, 5) is 38.0. The standard InChI is InChI=1S/C18H16N4O2S3/c1-8-4-5-12-11(6-8)19-18(27-12)20-13(23)7-25-17-21-15(24)14-9(2)10(3)26-16(14)22-17/h4-6H,7H2,1-3H3,(H,19,20,23)(H,21,22,24). The molecule has 0 unspecified atom stereocenters. The van der Waals surface area contributed by atoms with E-state index in [-0.39, 0.29) is 17.2 Å². The van der Waals surface area contributed by atoms with Crippen molar-refractivity contribution in [2.45, 2.75) is 25.9 Å². The number of hydrogen-bond acceptors (Lipinski definition) is 7. The van der Waals surface area contributed by atoms with E-state index in [9.17, 15) is 9.59 Å². The van der Waals surface area contributed by atoms with Gasteiger partial charge in [-0.2, -0.15) is 0 Å². The highest BCUT2D eigenvalue weighted by Gasteiger charge is 2.14. The molecule has 0 saturated carbocycles. The normalized spacial score (nSPS) is 11.4. The maximum atomic E-state index is 12.3. The van der Waals surface area contributed by atoms with Crippen LogP contribution in [0.15, 0.2) is 28.2 Å². The highest BCUT2D eigenvalue weighted by atomic mass is 32.2. The van der Waals surface area contributed by atoms with Crippen LogP contribution in [0.3, 0.4) is 0 Å². The number of aryl methyl sites for hydroxylation is 3. The van der Waals surface area contributed by atoms with Crippen molar-refractivity contribution in [3.05, 3.63) is 44.6 Å². The van der Waals surface area contributed by atoms with Gasteiger partial charge in [-0.3, -0.25) is 9.59 Å². The van der Waals surface area contributed by atoms with E-state index in [4.69, 9.17) is 0 Å². The van der Waals surface area contributed by atoms with Gasteiger partial charge in [0, 0.05) is 4.88 Å². The Kier molecular flexibility index (Phi) is 4.75. The Morgan fingerprint density at radius 1 is 1.22 bits per heavy atom. The van der Waals surface area contributed by atoms with Crippen LogP contribution in [0.25, 0.3) is 20.4 Å². The molecule has 0 bridgehead atoms. The maximum Gasteiger partial charge on any atom is 0.260 e. The van der Waals surface area contributed by atoms with Crippen LogP contribution in [0, 0.1) is 20.8 Å². The lowest BCUT2D eigenvalue weighted by molar-refractivity contribution is -0.113. The summed E-state index contributed by atoms with van der Waals surface area (Å²) in [6.45, 7) is 5.90. The van der Waals surface area contributed by atoms with Crippen molar-refractivity contribution in [3.8, 4) is 0 Å². The highest BCUT2D eigenvalue weighted by Crippen LogP contribution is 2.28. The topological polar surface area (TPSA) is 87.7 Å². The molecule has 0 aliphatic rings. The van der Waals surface area contributed by atoms with E-state index in [2.05, 4.69) is 20.3 Å². The van der Waals surface area contributed by atoms with Crippen LogP contribution in [0.5, 0.6) is 0 Å². The fraction of sp³-hybridized carbons (Fsp3) is 0.222. The van der Waals surface area contributed by atoms with Crippen LogP contribution >= 0.6 is 34.4 Å². The van der Waals surface area contributed by atoms with Gasteiger partial charge in [-0.15, -0.1) is 11.3 Å². The molecule has 4 aromatic rings. The summed E-state index contributed by atoms with van der Waals surface area (Å²) in [6.07, 6.45) is 0. The van der Waals surface area contributed by atoms with Gasteiger partial charge in [-0.1, -0.05) is 29.2 Å². The zero-order chi connectivity index (χ0) is 19.1. The summed E-state index contributed by atoms with van der Waals surface area (Å²) in [6, 6.07) is 6.01. The number of fused-ring (bicyclic) bond motifs is 2. The van der Waals surface area contributed by atoms with Crippen LogP contribution in [0.1, 0.15) is 16.0 Å². The molecule has 27 heavy (non-hydrogen) atoms. The third-order valence-electron chi connectivity index (χ3n) is 4.15. The number of thiophene rings is 1. The Bertz CT molecular complexity index is 1240. The van der Waals surface area contributed by atoms with E-state index in [1.165, 1.54) is 34.4 Å². The van der Waals surface area contributed by atoms with Crippen molar-refractivity contribution < 1.29 is 4.79 Å². The van der Waals surface area contributed by atoms with Crippen LogP contribution in [-0.4, -0.2) is 26.6 Å². The minimum atomic E-state index is -0.183. The number of anilines is 1. The molecule has 0 aliphatic heterocycles. The average Bonchev–Trinajstić information content (AvgIpc) is 3.13. The van der Waals surface area contributed by atoms with Gasteiger partial charge in [0.15, 0.2) is 10.3 Å². The number of nitrogens with zero attached hydrogens (tertiary/aromatic N) is 2. The first kappa shape index (κ1) is 18.1. The predicted molar refractivity (Wildman–Crippen MR) is 113 cm³/mol. The van der Waals surface area contributed by atoms with Crippen molar-refractivity contribution in [1.82, 2.24) is 15.0 Å². The van der Waals surface area contributed by atoms with E-state index in [0.29, 0.717) is 20.5 Å². The lowest BCUT2D eigenvalue weighted by atomic mass is 10.2. The molecule has 0 aliphatic carbocycles. The Morgan fingerprint density at radius 3 is 2.85 bits per heavy atom. The summed E-state index contributed by atoms with van der Waals surface area (Å²) in [5, 5.41) is 4.47. The van der Waals surface area contributed by atoms with Gasteiger partial charge in [0.2, 0.25) is 5.91 Å². The van der Waals surface area contributed by atoms with Crippen molar-refractivity contribution in [3.63, 3.8) is 0 Å². The van der Waals surface area contributed by atoms with Crippen LogP contribution in [-0.2, 0) is 4.79 Å². The molecular weight excluding hydrogens is 400 g/mol. The minimum absolute atomic E-state index is 0.146. The van der Waals surface area contributed by atoms with Gasteiger partial charge in [0.05, 0.1) is 21.4 Å². The lowest BCUT2D eigenvalue weighted by Gasteiger charge is -2.02. The molecule has 0 spiro atoms. The molecule has 2 N–H and O–H groups in total. The Morgan fingerprint density at radius 2 is 2.04 bits per heavy atom. The van der Waals surface area contributed by atoms with E-state index in [1.54, 1.807) is 0 Å². The van der Waals surface area contributed by atoms with E-state index in [0.717, 1.165) is 26.2 Å². The molecule has 4 rings (SSSR count). The van der Waals surface area contributed by atoms with Gasteiger partial charge < -0.3 is 10.3 Å². The summed E-state index contributed by atoms with van der Waals surface area (Å²) < 4.78 is 1.03. The van der Waals surface area contributed by atoms with Crippen molar-refractivity contribution >= 4 is 65.9 Å². The van der Waals surface area contributed by atoms with Gasteiger partial charge in [-0.05, 0) is 44.0 Å². The van der Waals surface area contributed by atoms with Gasteiger partial charge in [-0.25, -0.2) is 9.97 Å². The van der Waals surface area contributed by atoms with Crippen LogP contribution in [0.4, 0.5) is 5.13 Å². The number of aromatic nitrogens is 3. The molecule has 0 saturated heterocycles. The monoisotopic (exact) mass is 416 g/mol. The molecule has 0 atom stereocenters. The first-order valence-corrected chi connectivity index (χ1v) is 10.8. The highest BCUT2D eigenvalue weighted by molar-refractivity contribution is 7.99. The number of aromatic amines is 1. The summed E-state index contributed by atoms with van der Waals surface area (Å²) in [5.74, 6) is -0.0377. The van der Waals surface area contributed by atoms with E-state index >= 15 is 0 Å². The van der Waals surface area contributed by atoms with E-state index in [1.807, 2.05) is 39.0 Å². The SMILES string of the molecule is Cc1ccc2sc(NC(=O)CSc3nc4sc(C)c(C)c4c(=O)[nH]3)nc2c1. The Balaban J connectivity index is 1.47. The number of thiazole rings is 1. The number of hydrogen-bond donors (Lipinski definition) is 2. The predicted octanol–water partition coefficient (Wildman–Crippen LogP) is 4.25. The Labute approximate surface area is 167 Å². The van der Waals surface area contributed by atoms with E-state index < -0.39 is 0 Å². The number of benzene rings is 1. The smallest absolute Gasteiger partial charge is 0.260 e. The number of nitrogens with one attached hydrogen (secondary N) is 2. The van der Waals surface area contributed by atoms with Crippen molar-refractivity contribution in [2.24, 2.45) is 0 Å². The van der Waals surface area contributed by atoms with Crippen molar-refractivity contribution in [1.29, 1.82) is 0 Å². The first-order chi connectivity index (χ1) is 12.9. The number of carbonyl (C=O) groups is 1.